The van der Waals surface area contributed by atoms with Crippen LogP contribution in [0, 0.1) is 0 Å². The lowest BCUT2D eigenvalue weighted by molar-refractivity contribution is 0.669. The quantitative estimate of drug-likeness (QED) is 0.173. The van der Waals surface area contributed by atoms with Crippen molar-refractivity contribution >= 4 is 71.7 Å². The van der Waals surface area contributed by atoms with Crippen molar-refractivity contribution in [1.29, 1.82) is 0 Å². The molecule has 2 heterocycles. The van der Waals surface area contributed by atoms with Gasteiger partial charge in [-0.25, -0.2) is 0 Å². The summed E-state index contributed by atoms with van der Waals surface area (Å²) in [4.78, 5) is 2.40. The topological polar surface area (TPSA) is 29.5 Å². The van der Waals surface area contributed by atoms with E-state index in [9.17, 15) is 0 Å². The molecule has 0 aliphatic rings. The molecule has 0 fully saturated rings. The fourth-order valence-electron chi connectivity index (χ4n) is 8.34. The minimum absolute atomic E-state index is 0.873. The first-order valence-electron chi connectivity index (χ1n) is 18.7. The van der Waals surface area contributed by atoms with Crippen LogP contribution in [0.1, 0.15) is 0 Å². The first kappa shape index (κ1) is 31.2. The number of hydrogen-bond donors (Lipinski definition) is 0. The highest BCUT2D eigenvalue weighted by Crippen LogP contribution is 2.48. The highest BCUT2D eigenvalue weighted by atomic mass is 16.3. The Bertz CT molecular complexity index is 3210. The molecule has 0 N–H and O–H groups in total. The van der Waals surface area contributed by atoms with Crippen molar-refractivity contribution in [2.24, 2.45) is 0 Å². The first-order chi connectivity index (χ1) is 27.3. The van der Waals surface area contributed by atoms with E-state index in [0.29, 0.717) is 0 Å². The number of para-hydroxylation sites is 4. The number of furan rings is 2. The molecule has 0 saturated carbocycles. The van der Waals surface area contributed by atoms with Crippen molar-refractivity contribution in [2.75, 3.05) is 4.90 Å². The van der Waals surface area contributed by atoms with Gasteiger partial charge >= 0.3 is 0 Å². The summed E-state index contributed by atoms with van der Waals surface area (Å²) in [5, 5.41) is 6.83. The molecule has 3 nitrogen and oxygen atoms in total. The molecule has 55 heavy (non-hydrogen) atoms. The zero-order valence-corrected chi connectivity index (χ0v) is 29.8. The van der Waals surface area contributed by atoms with Crippen LogP contribution in [0.2, 0.25) is 0 Å². The van der Waals surface area contributed by atoms with Crippen molar-refractivity contribution in [3.05, 3.63) is 200 Å². The predicted octanol–water partition coefficient (Wildman–Crippen LogP) is 15.1. The summed E-state index contributed by atoms with van der Waals surface area (Å²) in [6.45, 7) is 0. The summed E-state index contributed by atoms with van der Waals surface area (Å²) < 4.78 is 13.0. The van der Waals surface area contributed by atoms with E-state index in [1.54, 1.807) is 0 Å². The van der Waals surface area contributed by atoms with Crippen LogP contribution >= 0.6 is 0 Å². The van der Waals surface area contributed by atoms with E-state index >= 15 is 0 Å². The summed E-state index contributed by atoms with van der Waals surface area (Å²) >= 11 is 0. The van der Waals surface area contributed by atoms with Gasteiger partial charge in [-0.15, -0.1) is 0 Å². The molecule has 2 aromatic heterocycles. The summed E-state index contributed by atoms with van der Waals surface area (Å²) in [5.41, 5.74) is 13.5. The van der Waals surface area contributed by atoms with Gasteiger partial charge in [0.1, 0.15) is 22.3 Å². The van der Waals surface area contributed by atoms with E-state index in [0.717, 1.165) is 94.3 Å². The highest BCUT2D eigenvalue weighted by Gasteiger charge is 2.23. The van der Waals surface area contributed by atoms with Crippen LogP contribution in [0.3, 0.4) is 0 Å². The highest BCUT2D eigenvalue weighted by molar-refractivity contribution is 6.17. The van der Waals surface area contributed by atoms with Gasteiger partial charge in [0, 0.05) is 43.9 Å². The van der Waals surface area contributed by atoms with Crippen molar-refractivity contribution in [1.82, 2.24) is 0 Å². The average molecular weight is 704 g/mol. The van der Waals surface area contributed by atoms with Crippen LogP contribution in [-0.2, 0) is 0 Å². The van der Waals surface area contributed by atoms with Gasteiger partial charge in [0.15, 0.2) is 0 Å². The van der Waals surface area contributed by atoms with Crippen LogP contribution in [-0.4, -0.2) is 0 Å². The Kier molecular flexibility index (Phi) is 7.17. The molecule has 0 aliphatic heterocycles. The maximum absolute atomic E-state index is 6.55. The van der Waals surface area contributed by atoms with Crippen molar-refractivity contribution in [2.45, 2.75) is 0 Å². The molecule has 0 radical (unpaired) electrons. The molecule has 3 heteroatoms. The normalized spacial score (nSPS) is 11.6. The molecule has 11 rings (SSSR count). The lowest BCUT2D eigenvalue weighted by atomic mass is 9.95. The van der Waals surface area contributed by atoms with Crippen LogP contribution in [0.25, 0.3) is 88.0 Å². The van der Waals surface area contributed by atoms with Gasteiger partial charge in [-0.2, -0.15) is 0 Å². The molecule has 0 amide bonds. The molecule has 9 aromatic carbocycles. The monoisotopic (exact) mass is 703 g/mol. The Morgan fingerprint density at radius 3 is 1.75 bits per heavy atom. The smallest absolute Gasteiger partial charge is 0.143 e. The molecular formula is C52H33NO2. The summed E-state index contributed by atoms with van der Waals surface area (Å²) in [6, 6.07) is 71.0. The zero-order chi connectivity index (χ0) is 36.3. The van der Waals surface area contributed by atoms with E-state index in [4.69, 9.17) is 8.83 Å². The Morgan fingerprint density at radius 1 is 0.327 bits per heavy atom. The van der Waals surface area contributed by atoms with Crippen molar-refractivity contribution in [3.63, 3.8) is 0 Å². The molecule has 258 valence electrons. The van der Waals surface area contributed by atoms with Gasteiger partial charge in [-0.05, 0) is 76.0 Å². The molecule has 0 spiro atoms. The van der Waals surface area contributed by atoms with Gasteiger partial charge in [-0.3, -0.25) is 0 Å². The van der Waals surface area contributed by atoms with E-state index in [1.165, 1.54) is 10.8 Å². The number of hydrogen-bond acceptors (Lipinski definition) is 3. The summed E-state index contributed by atoms with van der Waals surface area (Å²) in [7, 11) is 0. The van der Waals surface area contributed by atoms with Crippen LogP contribution in [0.15, 0.2) is 209 Å². The summed E-state index contributed by atoms with van der Waals surface area (Å²) in [5.74, 6) is 0. The second-order valence-corrected chi connectivity index (χ2v) is 14.0. The number of rotatable bonds is 6. The Balaban J connectivity index is 1.13. The maximum Gasteiger partial charge on any atom is 0.143 e. The Morgan fingerprint density at radius 2 is 0.909 bits per heavy atom. The van der Waals surface area contributed by atoms with Gasteiger partial charge in [0.25, 0.3) is 0 Å². The summed E-state index contributed by atoms with van der Waals surface area (Å²) in [6.07, 6.45) is 0. The molecular weight excluding hydrogens is 671 g/mol. The third kappa shape index (κ3) is 5.13. The van der Waals surface area contributed by atoms with E-state index in [1.807, 2.05) is 12.1 Å². The second-order valence-electron chi connectivity index (χ2n) is 14.0. The molecule has 0 saturated heterocycles. The van der Waals surface area contributed by atoms with Crippen molar-refractivity contribution in [3.8, 4) is 33.4 Å². The van der Waals surface area contributed by atoms with Gasteiger partial charge < -0.3 is 13.7 Å². The minimum atomic E-state index is 0.873. The lowest BCUT2D eigenvalue weighted by Crippen LogP contribution is -2.12. The zero-order valence-electron chi connectivity index (χ0n) is 29.8. The molecule has 0 aliphatic carbocycles. The number of anilines is 3. The standard InChI is InChI=1S/C52H33NO2/c1-2-14-34(15-3-1)39-18-6-9-24-46(39)53(38-30-28-35(29-31-38)40-21-12-23-44-42-20-8-11-26-48(42)55-52(40)44)47-25-10-7-19-41(47)43-22-13-27-49-51(43)45-32-36-16-4-5-17-37(36)33-50(45)54-49/h1-33H. The molecule has 0 atom stereocenters. The third-order valence-electron chi connectivity index (χ3n) is 10.9. The number of benzene rings is 9. The third-order valence-corrected chi connectivity index (χ3v) is 10.9. The predicted molar refractivity (Wildman–Crippen MR) is 229 cm³/mol. The van der Waals surface area contributed by atoms with Gasteiger partial charge in [-0.1, -0.05) is 152 Å². The number of nitrogens with zero attached hydrogens (tertiary/aromatic N) is 1. The van der Waals surface area contributed by atoms with E-state index in [-0.39, 0.29) is 0 Å². The maximum atomic E-state index is 6.55. The van der Waals surface area contributed by atoms with E-state index < -0.39 is 0 Å². The minimum Gasteiger partial charge on any atom is -0.456 e. The van der Waals surface area contributed by atoms with Gasteiger partial charge in [0.2, 0.25) is 0 Å². The SMILES string of the molecule is c1ccc(-c2ccccc2N(c2ccc(-c3cccc4c3oc3ccccc34)cc2)c2ccccc2-c2cccc3oc4cc5ccccc5cc4c23)cc1. The average Bonchev–Trinajstić information content (AvgIpc) is 3.82. The van der Waals surface area contributed by atoms with Gasteiger partial charge in [0.05, 0.1) is 11.4 Å². The van der Waals surface area contributed by atoms with Crippen molar-refractivity contribution < 1.29 is 8.83 Å². The van der Waals surface area contributed by atoms with Crippen LogP contribution in [0.5, 0.6) is 0 Å². The van der Waals surface area contributed by atoms with E-state index in [2.05, 4.69) is 193 Å². The first-order valence-corrected chi connectivity index (χ1v) is 18.7. The Labute approximate surface area is 317 Å². The molecule has 0 bridgehead atoms. The molecule has 0 unspecified atom stereocenters. The number of fused-ring (bicyclic) bond motifs is 7. The van der Waals surface area contributed by atoms with Crippen LogP contribution in [0.4, 0.5) is 17.1 Å². The lowest BCUT2D eigenvalue weighted by Gasteiger charge is -2.30. The fraction of sp³-hybridized carbons (Fsp3) is 0. The Hall–Kier alpha value is -7.36. The second kappa shape index (κ2) is 12.6. The van der Waals surface area contributed by atoms with Crippen LogP contribution < -0.4 is 4.90 Å². The largest absolute Gasteiger partial charge is 0.456 e. The fourth-order valence-corrected chi connectivity index (χ4v) is 8.34. The molecule has 11 aromatic rings.